The Labute approximate surface area is 172 Å². The average Bonchev–Trinajstić information content (AvgIpc) is 2.72. The van der Waals surface area contributed by atoms with Gasteiger partial charge in [-0.2, -0.15) is 5.26 Å². The summed E-state index contributed by atoms with van der Waals surface area (Å²) in [4.78, 5) is 14.4. The molecule has 5 heteroatoms. The van der Waals surface area contributed by atoms with Gasteiger partial charge < -0.3 is 14.4 Å². The van der Waals surface area contributed by atoms with Crippen molar-refractivity contribution in [3.8, 4) is 17.6 Å². The normalized spacial score (nSPS) is 10.6. The van der Waals surface area contributed by atoms with Crippen molar-refractivity contribution in [3.63, 3.8) is 0 Å². The van der Waals surface area contributed by atoms with Crippen LogP contribution in [0.1, 0.15) is 30.5 Å². The van der Waals surface area contributed by atoms with Crippen molar-refractivity contribution < 1.29 is 14.3 Å². The largest absolute Gasteiger partial charge is 0.493 e. The molecule has 0 aliphatic heterocycles. The van der Waals surface area contributed by atoms with E-state index < -0.39 is 0 Å². The lowest BCUT2D eigenvalue weighted by atomic mass is 10.1. The van der Waals surface area contributed by atoms with E-state index in [2.05, 4.69) is 12.6 Å². The summed E-state index contributed by atoms with van der Waals surface area (Å²) in [5.74, 6) is 1.16. The molecule has 1 amide bonds. The number of rotatable bonds is 9. The molecule has 0 saturated carbocycles. The third-order valence-corrected chi connectivity index (χ3v) is 4.09. The van der Waals surface area contributed by atoms with E-state index in [1.54, 1.807) is 36.3 Å². The first-order valence-electron chi connectivity index (χ1n) is 9.38. The number of amides is 1. The molecule has 2 aromatic carbocycles. The molecule has 0 N–H and O–H groups in total. The third-order valence-electron chi connectivity index (χ3n) is 4.09. The molecule has 0 fully saturated rings. The number of hydrogen-bond donors (Lipinski definition) is 0. The van der Waals surface area contributed by atoms with E-state index in [0.29, 0.717) is 30.2 Å². The Kier molecular flexibility index (Phi) is 8.05. The second kappa shape index (κ2) is 10.7. The number of hydrogen-bond acceptors (Lipinski definition) is 4. The molecule has 0 aromatic heterocycles. The van der Waals surface area contributed by atoms with Gasteiger partial charge in [-0.3, -0.25) is 4.79 Å². The van der Waals surface area contributed by atoms with Crippen LogP contribution in [0.15, 0.2) is 61.2 Å². The number of ether oxygens (including phenoxy) is 2. The van der Waals surface area contributed by atoms with Gasteiger partial charge in [-0.25, -0.2) is 0 Å². The molecule has 0 heterocycles. The second-order valence-corrected chi connectivity index (χ2v) is 6.73. The fourth-order valence-electron chi connectivity index (χ4n) is 2.71. The summed E-state index contributed by atoms with van der Waals surface area (Å²) < 4.78 is 11.1. The molecule has 0 saturated heterocycles. The lowest BCUT2D eigenvalue weighted by molar-refractivity contribution is -0.126. The molecular formula is C24H26N2O3. The molecule has 2 rings (SSSR count). The number of methoxy groups -OCH3 is 1. The second-order valence-electron chi connectivity index (χ2n) is 6.73. The number of nitrogens with zero attached hydrogens (tertiary/aromatic N) is 2. The maximum Gasteiger partial charge on any atom is 0.247 e. The quantitative estimate of drug-likeness (QED) is 0.464. The summed E-state index contributed by atoms with van der Waals surface area (Å²) in [5, 5.41) is 8.90. The lowest BCUT2D eigenvalue weighted by Crippen LogP contribution is -2.29. The van der Waals surface area contributed by atoms with Crippen LogP contribution in [-0.4, -0.2) is 30.6 Å². The van der Waals surface area contributed by atoms with Crippen LogP contribution in [0.25, 0.3) is 6.08 Å². The minimum absolute atomic E-state index is 0.0431. The highest BCUT2D eigenvalue weighted by atomic mass is 16.5. The van der Waals surface area contributed by atoms with Crippen molar-refractivity contribution in [2.45, 2.75) is 26.5 Å². The van der Waals surface area contributed by atoms with Gasteiger partial charge in [0.15, 0.2) is 11.5 Å². The van der Waals surface area contributed by atoms with E-state index in [1.807, 2.05) is 44.2 Å². The Morgan fingerprint density at radius 2 is 1.93 bits per heavy atom. The van der Waals surface area contributed by atoms with Crippen LogP contribution in [-0.2, 0) is 11.3 Å². The molecule has 0 radical (unpaired) electrons. The summed E-state index contributed by atoms with van der Waals surface area (Å²) in [6.07, 6.45) is 5.02. The summed E-state index contributed by atoms with van der Waals surface area (Å²) >= 11 is 0. The number of nitriles is 1. The summed E-state index contributed by atoms with van der Waals surface area (Å²) in [6, 6.07) is 14.8. The van der Waals surface area contributed by atoms with Crippen molar-refractivity contribution in [2.24, 2.45) is 0 Å². The highest BCUT2D eigenvalue weighted by molar-refractivity contribution is 5.92. The van der Waals surface area contributed by atoms with Gasteiger partial charge in [0.1, 0.15) is 0 Å². The van der Waals surface area contributed by atoms with Gasteiger partial charge in [0, 0.05) is 19.2 Å². The van der Waals surface area contributed by atoms with Gasteiger partial charge in [0.2, 0.25) is 5.91 Å². The van der Waals surface area contributed by atoms with Crippen LogP contribution in [0.3, 0.4) is 0 Å². The molecule has 0 atom stereocenters. The van der Waals surface area contributed by atoms with E-state index in [4.69, 9.17) is 14.7 Å². The van der Waals surface area contributed by atoms with E-state index in [0.717, 1.165) is 11.1 Å². The maximum atomic E-state index is 12.7. The molecule has 150 valence electrons. The molecule has 5 nitrogen and oxygen atoms in total. The standard InChI is InChI=1S/C24H26N2O3/c1-5-14-26(17-21-8-6-20(16-25)7-9-21)24(27)13-11-19-10-12-22(29-18(2)3)23(15-19)28-4/h5-13,15,18H,1,14,17H2,2-4H3/b13-11+. The Bertz CT molecular complexity index is 909. The molecule has 29 heavy (non-hydrogen) atoms. The average molecular weight is 390 g/mol. The predicted molar refractivity (Wildman–Crippen MR) is 115 cm³/mol. The van der Waals surface area contributed by atoms with Crippen LogP contribution in [0.5, 0.6) is 11.5 Å². The van der Waals surface area contributed by atoms with E-state index in [1.165, 1.54) is 6.08 Å². The molecule has 0 aliphatic rings. The van der Waals surface area contributed by atoms with Crippen molar-refractivity contribution in [2.75, 3.05) is 13.7 Å². The smallest absolute Gasteiger partial charge is 0.247 e. The zero-order valence-electron chi connectivity index (χ0n) is 17.1. The van der Waals surface area contributed by atoms with Crippen LogP contribution in [0.2, 0.25) is 0 Å². The lowest BCUT2D eigenvalue weighted by Gasteiger charge is -2.19. The highest BCUT2D eigenvalue weighted by Gasteiger charge is 2.11. The Morgan fingerprint density at radius 3 is 2.52 bits per heavy atom. The SMILES string of the molecule is C=CCN(Cc1ccc(C#N)cc1)C(=O)/C=C/c1ccc(OC(C)C)c(OC)c1. The van der Waals surface area contributed by atoms with Crippen molar-refractivity contribution in [1.82, 2.24) is 4.90 Å². The van der Waals surface area contributed by atoms with Crippen LogP contribution >= 0.6 is 0 Å². The Hall–Kier alpha value is -3.52. The Morgan fingerprint density at radius 1 is 1.21 bits per heavy atom. The summed E-state index contributed by atoms with van der Waals surface area (Å²) in [7, 11) is 1.59. The monoisotopic (exact) mass is 390 g/mol. The van der Waals surface area contributed by atoms with E-state index in [9.17, 15) is 4.79 Å². The van der Waals surface area contributed by atoms with Gasteiger partial charge in [0.05, 0.1) is 24.8 Å². The zero-order valence-corrected chi connectivity index (χ0v) is 17.1. The number of benzene rings is 2. The Balaban J connectivity index is 2.12. The first-order valence-corrected chi connectivity index (χ1v) is 9.38. The van der Waals surface area contributed by atoms with Gasteiger partial charge in [-0.1, -0.05) is 24.3 Å². The summed E-state index contributed by atoms with van der Waals surface area (Å²) in [5.41, 5.74) is 2.38. The first kappa shape index (κ1) is 21.8. The molecule has 0 aliphatic carbocycles. The molecular weight excluding hydrogens is 364 g/mol. The van der Waals surface area contributed by atoms with Gasteiger partial charge in [0.25, 0.3) is 0 Å². The molecule has 0 spiro atoms. The number of carbonyl (C=O) groups excluding carboxylic acids is 1. The molecule has 0 bridgehead atoms. The first-order chi connectivity index (χ1) is 14.0. The van der Waals surface area contributed by atoms with Crippen LogP contribution in [0.4, 0.5) is 0 Å². The third kappa shape index (κ3) is 6.54. The minimum Gasteiger partial charge on any atom is -0.493 e. The van der Waals surface area contributed by atoms with Gasteiger partial charge >= 0.3 is 0 Å². The highest BCUT2D eigenvalue weighted by Crippen LogP contribution is 2.29. The van der Waals surface area contributed by atoms with Crippen molar-refractivity contribution in [3.05, 3.63) is 77.9 Å². The maximum absolute atomic E-state index is 12.7. The van der Waals surface area contributed by atoms with Crippen LogP contribution in [0, 0.1) is 11.3 Å². The van der Waals surface area contributed by atoms with Crippen LogP contribution < -0.4 is 9.47 Å². The fourth-order valence-corrected chi connectivity index (χ4v) is 2.71. The van der Waals surface area contributed by atoms with E-state index >= 15 is 0 Å². The fraction of sp³-hybridized carbons (Fsp3) is 0.250. The predicted octanol–water partition coefficient (Wildman–Crippen LogP) is 4.58. The molecule has 0 unspecified atom stereocenters. The van der Waals surface area contributed by atoms with Gasteiger partial charge in [-0.15, -0.1) is 6.58 Å². The van der Waals surface area contributed by atoms with Gasteiger partial charge in [-0.05, 0) is 55.3 Å². The summed E-state index contributed by atoms with van der Waals surface area (Å²) in [6.45, 7) is 8.50. The zero-order chi connectivity index (χ0) is 21.2. The van der Waals surface area contributed by atoms with Crippen molar-refractivity contribution >= 4 is 12.0 Å². The minimum atomic E-state index is -0.129. The number of carbonyl (C=O) groups is 1. The van der Waals surface area contributed by atoms with Crippen molar-refractivity contribution in [1.29, 1.82) is 5.26 Å². The van der Waals surface area contributed by atoms with E-state index in [-0.39, 0.29) is 12.0 Å². The molecule has 2 aromatic rings. The topological polar surface area (TPSA) is 62.6 Å².